The minimum atomic E-state index is -0.874. The number of Topliss-reactive ketones (excluding diaryl/α,β-unsaturated/α-hetero) is 1. The van der Waals surface area contributed by atoms with Crippen LogP contribution in [0.1, 0.15) is 45.4 Å². The molecule has 1 aliphatic heterocycles. The number of carbonyl (C=O) groups is 4. The first kappa shape index (κ1) is 19.3. The van der Waals surface area contributed by atoms with Crippen LogP contribution >= 0.6 is 0 Å². The molecule has 0 saturated carbocycles. The molecule has 0 aliphatic carbocycles. The molecule has 1 aliphatic rings. The molecule has 1 saturated heterocycles. The molecule has 146 valence electrons. The highest BCUT2D eigenvalue weighted by Crippen LogP contribution is 2.30. The summed E-state index contributed by atoms with van der Waals surface area (Å²) >= 11 is 0. The Labute approximate surface area is 161 Å². The smallest absolute Gasteiger partial charge is 0.255 e. The number of furan rings is 1. The van der Waals surface area contributed by atoms with Crippen LogP contribution in [0.3, 0.4) is 0 Å². The van der Waals surface area contributed by atoms with E-state index in [2.05, 4.69) is 5.32 Å². The lowest BCUT2D eigenvalue weighted by atomic mass is 10.1. The normalized spacial score (nSPS) is 16.3. The molecule has 3 rings (SSSR count). The first-order chi connectivity index (χ1) is 13.2. The third-order valence-electron chi connectivity index (χ3n) is 4.76. The topological polar surface area (TPSA) is 123 Å². The lowest BCUT2D eigenvalue weighted by Gasteiger charge is -2.16. The van der Waals surface area contributed by atoms with Gasteiger partial charge in [0.25, 0.3) is 5.91 Å². The number of primary amides is 1. The lowest BCUT2D eigenvalue weighted by Crippen LogP contribution is -2.28. The van der Waals surface area contributed by atoms with Gasteiger partial charge in [0.15, 0.2) is 5.78 Å². The van der Waals surface area contributed by atoms with Crippen LogP contribution in [0, 0.1) is 19.8 Å². The Morgan fingerprint density at radius 3 is 2.36 bits per heavy atom. The molecule has 3 amide bonds. The Bertz CT molecular complexity index is 974. The number of amides is 3. The maximum atomic E-state index is 12.7. The van der Waals surface area contributed by atoms with Crippen molar-refractivity contribution in [3.63, 3.8) is 0 Å². The summed E-state index contributed by atoms with van der Waals surface area (Å²) in [6.07, 6.45) is 0.0326. The van der Waals surface area contributed by atoms with Crippen molar-refractivity contribution in [3.05, 3.63) is 46.7 Å². The standard InChI is InChI=1S/C20H21N3O5/c1-10-4-6-14(7-5-10)23-9-13(8-15(23)25)19(27)22-20-17(18(21)26)16(11(2)24)12(3)28-20/h4-7,13H,8-9H2,1-3H3,(H2,21,26)(H,22,27). The lowest BCUT2D eigenvalue weighted by molar-refractivity contribution is -0.122. The van der Waals surface area contributed by atoms with Crippen LogP contribution in [-0.2, 0) is 9.59 Å². The highest BCUT2D eigenvalue weighted by atomic mass is 16.4. The van der Waals surface area contributed by atoms with Gasteiger partial charge in [-0.15, -0.1) is 0 Å². The number of ketones is 1. The van der Waals surface area contributed by atoms with Crippen LogP contribution in [0.25, 0.3) is 0 Å². The number of nitrogens with zero attached hydrogens (tertiary/aromatic N) is 1. The van der Waals surface area contributed by atoms with Crippen molar-refractivity contribution in [1.82, 2.24) is 0 Å². The predicted octanol–water partition coefficient (Wildman–Crippen LogP) is 2.19. The van der Waals surface area contributed by atoms with Crippen LogP contribution in [0.2, 0.25) is 0 Å². The minimum Gasteiger partial charge on any atom is -0.444 e. The summed E-state index contributed by atoms with van der Waals surface area (Å²) in [7, 11) is 0. The number of carbonyl (C=O) groups excluding carboxylic acids is 4. The Morgan fingerprint density at radius 1 is 1.14 bits per heavy atom. The Hall–Kier alpha value is -3.42. The first-order valence-corrected chi connectivity index (χ1v) is 8.81. The molecular formula is C20H21N3O5. The zero-order valence-corrected chi connectivity index (χ0v) is 15.9. The zero-order chi connectivity index (χ0) is 20.6. The summed E-state index contributed by atoms with van der Waals surface area (Å²) in [6, 6.07) is 7.44. The molecule has 3 N–H and O–H groups in total. The Morgan fingerprint density at radius 2 is 1.79 bits per heavy atom. The number of nitrogens with one attached hydrogen (secondary N) is 1. The van der Waals surface area contributed by atoms with Gasteiger partial charge in [0.2, 0.25) is 17.7 Å². The minimum absolute atomic E-state index is 0.0326. The van der Waals surface area contributed by atoms with E-state index in [-0.39, 0.29) is 41.6 Å². The molecule has 28 heavy (non-hydrogen) atoms. The molecule has 0 bridgehead atoms. The van der Waals surface area contributed by atoms with Crippen molar-refractivity contribution in [2.75, 3.05) is 16.8 Å². The van der Waals surface area contributed by atoms with E-state index in [1.165, 1.54) is 13.8 Å². The van der Waals surface area contributed by atoms with E-state index in [0.717, 1.165) is 11.3 Å². The van der Waals surface area contributed by atoms with Crippen molar-refractivity contribution in [2.45, 2.75) is 27.2 Å². The number of aryl methyl sites for hydroxylation is 2. The second-order valence-electron chi connectivity index (χ2n) is 6.89. The van der Waals surface area contributed by atoms with Crippen molar-refractivity contribution in [1.29, 1.82) is 0 Å². The van der Waals surface area contributed by atoms with E-state index >= 15 is 0 Å². The van der Waals surface area contributed by atoms with Gasteiger partial charge in [0.05, 0.1) is 11.5 Å². The van der Waals surface area contributed by atoms with Gasteiger partial charge in [0, 0.05) is 18.7 Å². The van der Waals surface area contributed by atoms with Crippen LogP contribution in [-0.4, -0.2) is 30.0 Å². The molecule has 1 unspecified atom stereocenters. The largest absolute Gasteiger partial charge is 0.444 e. The molecule has 2 heterocycles. The third-order valence-corrected chi connectivity index (χ3v) is 4.76. The molecule has 1 aromatic carbocycles. The monoisotopic (exact) mass is 383 g/mol. The van der Waals surface area contributed by atoms with Gasteiger partial charge in [-0.1, -0.05) is 17.7 Å². The van der Waals surface area contributed by atoms with Gasteiger partial charge in [-0.3, -0.25) is 24.5 Å². The van der Waals surface area contributed by atoms with Crippen LogP contribution in [0.4, 0.5) is 11.6 Å². The van der Waals surface area contributed by atoms with Crippen molar-refractivity contribution >= 4 is 35.1 Å². The summed E-state index contributed by atoms with van der Waals surface area (Å²) < 4.78 is 5.40. The molecule has 1 fully saturated rings. The van der Waals surface area contributed by atoms with Crippen LogP contribution < -0.4 is 16.0 Å². The maximum Gasteiger partial charge on any atom is 0.255 e. The summed E-state index contributed by atoms with van der Waals surface area (Å²) in [5.74, 6) is -2.51. The van der Waals surface area contributed by atoms with E-state index in [0.29, 0.717) is 0 Å². The summed E-state index contributed by atoms with van der Waals surface area (Å²) in [5, 5.41) is 2.51. The second kappa shape index (κ2) is 7.30. The molecule has 8 nitrogen and oxygen atoms in total. The summed E-state index contributed by atoms with van der Waals surface area (Å²) in [6.45, 7) is 4.95. The Balaban J connectivity index is 1.80. The van der Waals surface area contributed by atoms with Crippen molar-refractivity contribution in [3.8, 4) is 0 Å². The predicted molar refractivity (Wildman–Crippen MR) is 102 cm³/mol. The Kier molecular flexibility index (Phi) is 5.04. The highest BCUT2D eigenvalue weighted by Gasteiger charge is 2.36. The van der Waals surface area contributed by atoms with Gasteiger partial charge < -0.3 is 15.1 Å². The fraction of sp³-hybridized carbons (Fsp3) is 0.300. The molecule has 1 aromatic heterocycles. The van der Waals surface area contributed by atoms with E-state index in [1.807, 2.05) is 31.2 Å². The SMILES string of the molecule is CC(=O)c1c(C)oc(NC(=O)C2CC(=O)N(c3ccc(C)cc3)C2)c1C(N)=O. The first-order valence-electron chi connectivity index (χ1n) is 8.81. The van der Waals surface area contributed by atoms with E-state index < -0.39 is 23.5 Å². The zero-order valence-electron chi connectivity index (χ0n) is 15.9. The second-order valence-corrected chi connectivity index (χ2v) is 6.89. The van der Waals surface area contributed by atoms with Gasteiger partial charge >= 0.3 is 0 Å². The molecule has 8 heteroatoms. The fourth-order valence-corrected chi connectivity index (χ4v) is 3.36. The van der Waals surface area contributed by atoms with E-state index in [9.17, 15) is 19.2 Å². The number of benzene rings is 1. The molecule has 2 aromatic rings. The van der Waals surface area contributed by atoms with Gasteiger partial charge in [-0.25, -0.2) is 0 Å². The van der Waals surface area contributed by atoms with E-state index in [4.69, 9.17) is 10.2 Å². The van der Waals surface area contributed by atoms with Crippen LogP contribution in [0.15, 0.2) is 28.7 Å². The number of anilines is 2. The van der Waals surface area contributed by atoms with Gasteiger partial charge in [-0.05, 0) is 32.9 Å². The van der Waals surface area contributed by atoms with E-state index in [1.54, 1.807) is 4.90 Å². The number of hydrogen-bond donors (Lipinski definition) is 2. The van der Waals surface area contributed by atoms with Crippen LogP contribution in [0.5, 0.6) is 0 Å². The highest BCUT2D eigenvalue weighted by molar-refractivity contribution is 6.12. The van der Waals surface area contributed by atoms with Gasteiger partial charge in [0.1, 0.15) is 11.3 Å². The number of rotatable bonds is 5. The number of nitrogens with two attached hydrogens (primary N) is 1. The average Bonchev–Trinajstić information content (AvgIpc) is 3.15. The molecule has 0 spiro atoms. The third kappa shape index (κ3) is 3.53. The number of hydrogen-bond acceptors (Lipinski definition) is 5. The molecule has 1 atom stereocenters. The van der Waals surface area contributed by atoms with Gasteiger partial charge in [-0.2, -0.15) is 0 Å². The van der Waals surface area contributed by atoms with Crippen molar-refractivity contribution < 1.29 is 23.6 Å². The van der Waals surface area contributed by atoms with Crippen molar-refractivity contribution in [2.24, 2.45) is 11.7 Å². The quantitative estimate of drug-likeness (QED) is 0.766. The maximum absolute atomic E-state index is 12.7. The average molecular weight is 383 g/mol. The molecular weight excluding hydrogens is 362 g/mol. The summed E-state index contributed by atoms with van der Waals surface area (Å²) in [5.41, 5.74) is 7.04. The summed E-state index contributed by atoms with van der Waals surface area (Å²) in [4.78, 5) is 50.1. The fourth-order valence-electron chi connectivity index (χ4n) is 3.36. The molecule has 0 radical (unpaired) electrons.